The van der Waals surface area contributed by atoms with Crippen LogP contribution in [0, 0.1) is 6.92 Å². The third-order valence-corrected chi connectivity index (χ3v) is 1.96. The number of hydrogen-bond donors (Lipinski definition) is 3. The van der Waals surface area contributed by atoms with E-state index in [2.05, 4.69) is 0 Å². The van der Waals surface area contributed by atoms with Crippen molar-refractivity contribution >= 4 is 5.69 Å². The Morgan fingerprint density at radius 2 is 1.62 bits per heavy atom. The van der Waals surface area contributed by atoms with E-state index in [0.29, 0.717) is 11.3 Å². The lowest BCUT2D eigenvalue weighted by atomic mass is 10.1. The van der Waals surface area contributed by atoms with Crippen LogP contribution in [0.25, 0.3) is 0 Å². The Bertz CT molecular complexity index is 334. The van der Waals surface area contributed by atoms with Crippen LogP contribution >= 0.6 is 0 Å². The number of rotatable bonds is 1. The van der Waals surface area contributed by atoms with Gasteiger partial charge in [0, 0.05) is 31.4 Å². The van der Waals surface area contributed by atoms with Crippen LogP contribution in [0.3, 0.4) is 0 Å². The number of nitrogens with zero attached hydrogens (tertiary/aromatic N) is 1. The molecule has 0 aromatic heterocycles. The molecule has 4 heteroatoms. The van der Waals surface area contributed by atoms with Crippen molar-refractivity contribution in [2.45, 2.75) is 6.92 Å². The predicted octanol–water partition coefficient (Wildman–Crippen LogP) is 1.18. The molecule has 4 nitrogen and oxygen atoms in total. The number of benzene rings is 1. The lowest BCUT2D eigenvalue weighted by Gasteiger charge is -2.17. The zero-order valence-corrected chi connectivity index (χ0v) is 7.87. The van der Waals surface area contributed by atoms with Crippen LogP contribution in [0.1, 0.15) is 5.56 Å². The lowest BCUT2D eigenvalue weighted by molar-refractivity contribution is 0.366. The minimum absolute atomic E-state index is 0.274. The molecule has 0 heterocycles. The molecule has 13 heavy (non-hydrogen) atoms. The summed E-state index contributed by atoms with van der Waals surface area (Å²) in [6.45, 7) is 1.67. The molecule has 0 saturated carbocycles. The van der Waals surface area contributed by atoms with Gasteiger partial charge < -0.3 is 20.2 Å². The third kappa shape index (κ3) is 1.47. The van der Waals surface area contributed by atoms with E-state index >= 15 is 0 Å². The Labute approximate surface area is 76.7 Å². The number of hydrogen-bond acceptors (Lipinski definition) is 4. The molecule has 3 N–H and O–H groups in total. The van der Waals surface area contributed by atoms with Crippen LogP contribution in [0.2, 0.25) is 0 Å². The van der Waals surface area contributed by atoms with Crippen LogP contribution in [-0.2, 0) is 0 Å². The highest BCUT2D eigenvalue weighted by Gasteiger charge is 2.14. The second kappa shape index (κ2) is 3.05. The molecule has 0 aliphatic carbocycles. The molecular formula is C9H13NO3. The van der Waals surface area contributed by atoms with Crippen molar-refractivity contribution in [3.05, 3.63) is 11.6 Å². The van der Waals surface area contributed by atoms with Gasteiger partial charge in [0.25, 0.3) is 0 Å². The zero-order chi connectivity index (χ0) is 10.2. The summed E-state index contributed by atoms with van der Waals surface area (Å²) in [6.07, 6.45) is 0. The molecular weight excluding hydrogens is 170 g/mol. The molecule has 0 bridgehead atoms. The largest absolute Gasteiger partial charge is 0.504 e. The topological polar surface area (TPSA) is 63.9 Å². The lowest BCUT2D eigenvalue weighted by Crippen LogP contribution is -2.10. The van der Waals surface area contributed by atoms with Gasteiger partial charge in [-0.1, -0.05) is 0 Å². The Balaban J connectivity index is 3.41. The first-order valence-corrected chi connectivity index (χ1v) is 3.87. The van der Waals surface area contributed by atoms with Crippen molar-refractivity contribution in [3.63, 3.8) is 0 Å². The van der Waals surface area contributed by atoms with Gasteiger partial charge >= 0.3 is 0 Å². The predicted molar refractivity (Wildman–Crippen MR) is 50.5 cm³/mol. The molecule has 0 spiro atoms. The normalized spacial score (nSPS) is 10.1. The Morgan fingerprint density at radius 1 is 1.08 bits per heavy atom. The number of phenols is 3. The first-order chi connectivity index (χ1) is 5.95. The maximum absolute atomic E-state index is 9.38. The average molecular weight is 183 g/mol. The minimum atomic E-state index is -0.469. The molecule has 1 aromatic rings. The monoisotopic (exact) mass is 183 g/mol. The molecule has 0 radical (unpaired) electrons. The maximum atomic E-state index is 9.38. The Hall–Kier alpha value is -1.58. The maximum Gasteiger partial charge on any atom is 0.200 e. The van der Waals surface area contributed by atoms with E-state index in [1.54, 1.807) is 25.9 Å². The number of phenolic OH excluding ortho intramolecular Hbond substituents is 3. The highest BCUT2D eigenvalue weighted by atomic mass is 16.3. The molecule has 0 saturated heterocycles. The molecule has 0 aliphatic rings. The van der Waals surface area contributed by atoms with E-state index in [9.17, 15) is 15.3 Å². The van der Waals surface area contributed by atoms with Gasteiger partial charge in [0.05, 0.1) is 0 Å². The number of anilines is 1. The molecule has 0 atom stereocenters. The summed E-state index contributed by atoms with van der Waals surface area (Å²) < 4.78 is 0. The van der Waals surface area contributed by atoms with E-state index in [0.717, 1.165) is 0 Å². The smallest absolute Gasteiger partial charge is 0.200 e. The van der Waals surface area contributed by atoms with Gasteiger partial charge in [-0.3, -0.25) is 0 Å². The summed E-state index contributed by atoms with van der Waals surface area (Å²) in [5, 5.41) is 27.8. The van der Waals surface area contributed by atoms with Gasteiger partial charge in [0.15, 0.2) is 11.5 Å². The van der Waals surface area contributed by atoms with Crippen LogP contribution in [0.15, 0.2) is 6.07 Å². The Morgan fingerprint density at radius 3 is 2.08 bits per heavy atom. The number of aromatic hydroxyl groups is 3. The van der Waals surface area contributed by atoms with E-state index in [1.165, 1.54) is 6.07 Å². The third-order valence-electron chi connectivity index (χ3n) is 1.96. The second-order valence-corrected chi connectivity index (χ2v) is 3.13. The van der Waals surface area contributed by atoms with E-state index in [-0.39, 0.29) is 11.5 Å². The molecule has 0 aliphatic heterocycles. The Kier molecular flexibility index (Phi) is 2.23. The van der Waals surface area contributed by atoms with Gasteiger partial charge in [-0.15, -0.1) is 0 Å². The summed E-state index contributed by atoms with van der Waals surface area (Å²) in [5.41, 5.74) is 1.22. The minimum Gasteiger partial charge on any atom is -0.504 e. The average Bonchev–Trinajstić information content (AvgIpc) is 2.07. The quantitative estimate of drug-likeness (QED) is 0.572. The first-order valence-electron chi connectivity index (χ1n) is 3.87. The van der Waals surface area contributed by atoms with Crippen molar-refractivity contribution in [2.24, 2.45) is 0 Å². The van der Waals surface area contributed by atoms with E-state index < -0.39 is 5.75 Å². The first kappa shape index (κ1) is 9.51. The molecule has 0 fully saturated rings. The second-order valence-electron chi connectivity index (χ2n) is 3.13. The van der Waals surface area contributed by atoms with Crippen LogP contribution < -0.4 is 4.90 Å². The van der Waals surface area contributed by atoms with Crippen molar-refractivity contribution in [3.8, 4) is 17.2 Å². The summed E-state index contributed by atoms with van der Waals surface area (Å²) in [5.74, 6) is -1.06. The van der Waals surface area contributed by atoms with Crippen LogP contribution in [-0.4, -0.2) is 29.4 Å². The summed E-state index contributed by atoms with van der Waals surface area (Å²) in [6, 6.07) is 1.41. The van der Waals surface area contributed by atoms with Gasteiger partial charge in [-0.25, -0.2) is 0 Å². The van der Waals surface area contributed by atoms with Gasteiger partial charge in [0.1, 0.15) is 0 Å². The molecule has 1 rings (SSSR count). The fraction of sp³-hybridized carbons (Fsp3) is 0.333. The van der Waals surface area contributed by atoms with Gasteiger partial charge in [-0.05, 0) is 6.92 Å². The van der Waals surface area contributed by atoms with Crippen molar-refractivity contribution in [1.82, 2.24) is 0 Å². The highest BCUT2D eigenvalue weighted by molar-refractivity contribution is 5.67. The van der Waals surface area contributed by atoms with E-state index in [1.807, 2.05) is 0 Å². The molecule has 72 valence electrons. The fourth-order valence-corrected chi connectivity index (χ4v) is 1.19. The van der Waals surface area contributed by atoms with E-state index in [4.69, 9.17) is 0 Å². The summed E-state index contributed by atoms with van der Waals surface area (Å²) in [4.78, 5) is 1.74. The van der Waals surface area contributed by atoms with Gasteiger partial charge in [0.2, 0.25) is 5.75 Å². The molecule has 1 aromatic carbocycles. The fourth-order valence-electron chi connectivity index (χ4n) is 1.19. The zero-order valence-electron chi connectivity index (χ0n) is 7.87. The van der Waals surface area contributed by atoms with Crippen molar-refractivity contribution in [1.29, 1.82) is 0 Å². The standard InChI is InChI=1S/C9H13NO3/c1-5-6(10(2)3)4-7(11)9(13)8(5)12/h4,11-13H,1-3H3. The SMILES string of the molecule is Cc1c(N(C)C)cc(O)c(O)c1O. The van der Waals surface area contributed by atoms with Crippen molar-refractivity contribution < 1.29 is 15.3 Å². The van der Waals surface area contributed by atoms with Gasteiger partial charge in [-0.2, -0.15) is 0 Å². The summed E-state index contributed by atoms with van der Waals surface area (Å²) in [7, 11) is 3.58. The van der Waals surface area contributed by atoms with Crippen LogP contribution in [0.5, 0.6) is 17.2 Å². The molecule has 0 unspecified atom stereocenters. The highest BCUT2D eigenvalue weighted by Crippen LogP contribution is 2.41. The summed E-state index contributed by atoms with van der Waals surface area (Å²) >= 11 is 0. The van der Waals surface area contributed by atoms with Crippen molar-refractivity contribution in [2.75, 3.05) is 19.0 Å². The van der Waals surface area contributed by atoms with Crippen LogP contribution in [0.4, 0.5) is 5.69 Å². The molecule has 0 amide bonds.